The van der Waals surface area contributed by atoms with Crippen LogP contribution in [0.2, 0.25) is 0 Å². The molecule has 5 heteroatoms. The van der Waals surface area contributed by atoms with Crippen LogP contribution in [0.5, 0.6) is 5.75 Å². The molecule has 1 N–H and O–H groups in total. The molecule has 34 heavy (non-hydrogen) atoms. The number of rotatable bonds is 3. The van der Waals surface area contributed by atoms with Gasteiger partial charge in [-0.15, -0.1) is 0 Å². The van der Waals surface area contributed by atoms with Gasteiger partial charge in [0.2, 0.25) is 11.4 Å². The lowest BCUT2D eigenvalue weighted by Crippen LogP contribution is -2.62. The largest absolute Gasteiger partial charge is 0.497 e. The third-order valence-electron chi connectivity index (χ3n) is 6.73. The van der Waals surface area contributed by atoms with E-state index in [1.54, 1.807) is 18.1 Å². The van der Waals surface area contributed by atoms with Crippen molar-refractivity contribution in [3.05, 3.63) is 119 Å². The van der Waals surface area contributed by atoms with Crippen LogP contribution in [0.3, 0.4) is 0 Å². The van der Waals surface area contributed by atoms with E-state index < -0.39 is 5.66 Å². The highest BCUT2D eigenvalue weighted by molar-refractivity contribution is 6.17. The summed E-state index contributed by atoms with van der Waals surface area (Å²) in [5, 5.41) is 3.51. The van der Waals surface area contributed by atoms with Crippen LogP contribution in [0.1, 0.15) is 31.8 Å². The number of nitrogens with zero attached hydrogens (tertiary/aromatic N) is 1. The van der Waals surface area contributed by atoms with E-state index in [-0.39, 0.29) is 18.2 Å². The first-order valence-corrected chi connectivity index (χ1v) is 11.2. The SMILES string of the molecule is COc1ccc(CN2C(=O)c3ccccc3NC23C(=O)c2ccccc2-c2ccccc23)cc1. The molecule has 0 radical (unpaired) electrons. The van der Waals surface area contributed by atoms with E-state index in [1.165, 1.54) is 0 Å². The molecule has 1 aliphatic carbocycles. The molecule has 2 aliphatic rings. The number of amides is 1. The number of para-hydroxylation sites is 1. The fourth-order valence-corrected chi connectivity index (χ4v) is 5.10. The van der Waals surface area contributed by atoms with E-state index in [9.17, 15) is 9.59 Å². The molecule has 0 aromatic heterocycles. The van der Waals surface area contributed by atoms with Crippen molar-refractivity contribution in [1.29, 1.82) is 0 Å². The number of hydrogen-bond donors (Lipinski definition) is 1. The summed E-state index contributed by atoms with van der Waals surface area (Å²) >= 11 is 0. The molecule has 4 aromatic carbocycles. The minimum Gasteiger partial charge on any atom is -0.497 e. The molecule has 0 bridgehead atoms. The Hall–Kier alpha value is -4.38. The van der Waals surface area contributed by atoms with Crippen molar-refractivity contribution in [2.45, 2.75) is 12.2 Å². The summed E-state index contributed by atoms with van der Waals surface area (Å²) in [6.07, 6.45) is 0. The van der Waals surface area contributed by atoms with Gasteiger partial charge in [0.1, 0.15) is 5.75 Å². The van der Waals surface area contributed by atoms with E-state index in [4.69, 9.17) is 4.74 Å². The number of carbonyl (C=O) groups excluding carboxylic acids is 2. The van der Waals surface area contributed by atoms with Gasteiger partial charge >= 0.3 is 0 Å². The van der Waals surface area contributed by atoms with Crippen molar-refractivity contribution >= 4 is 17.4 Å². The van der Waals surface area contributed by atoms with Crippen LogP contribution in [0, 0.1) is 0 Å². The highest BCUT2D eigenvalue weighted by atomic mass is 16.5. The number of fused-ring (bicyclic) bond motifs is 5. The van der Waals surface area contributed by atoms with Gasteiger partial charge in [-0.2, -0.15) is 0 Å². The number of ether oxygens (including phenoxy) is 1. The van der Waals surface area contributed by atoms with Crippen molar-refractivity contribution in [1.82, 2.24) is 4.90 Å². The van der Waals surface area contributed by atoms with Gasteiger partial charge in [-0.05, 0) is 41.0 Å². The van der Waals surface area contributed by atoms with Gasteiger partial charge in [-0.1, -0.05) is 72.8 Å². The maximum absolute atomic E-state index is 14.3. The summed E-state index contributed by atoms with van der Waals surface area (Å²) in [6.45, 7) is 0.256. The molecule has 0 saturated heterocycles. The van der Waals surface area contributed by atoms with E-state index in [0.717, 1.165) is 28.0 Å². The first-order chi connectivity index (χ1) is 16.6. The first kappa shape index (κ1) is 20.2. The zero-order chi connectivity index (χ0) is 23.3. The molecule has 1 unspecified atom stereocenters. The number of Topliss-reactive ketones (excluding diaryl/α,β-unsaturated/α-hetero) is 1. The maximum Gasteiger partial charge on any atom is 0.258 e. The lowest BCUT2D eigenvalue weighted by molar-refractivity contribution is 0.0405. The normalized spacial score (nSPS) is 18.1. The second-order valence-electron chi connectivity index (χ2n) is 8.54. The highest BCUT2D eigenvalue weighted by Gasteiger charge is 2.55. The Morgan fingerprint density at radius 1 is 0.735 bits per heavy atom. The summed E-state index contributed by atoms with van der Waals surface area (Å²) in [5.41, 5.74) is 3.93. The van der Waals surface area contributed by atoms with Crippen LogP contribution < -0.4 is 10.1 Å². The van der Waals surface area contributed by atoms with Crippen molar-refractivity contribution in [2.24, 2.45) is 0 Å². The molecule has 6 rings (SSSR count). The second-order valence-corrected chi connectivity index (χ2v) is 8.54. The Morgan fingerprint density at radius 3 is 2.09 bits per heavy atom. The predicted octanol–water partition coefficient (Wildman–Crippen LogP) is 5.48. The number of ketones is 1. The van der Waals surface area contributed by atoms with Crippen LogP contribution in [-0.4, -0.2) is 23.7 Å². The topological polar surface area (TPSA) is 58.6 Å². The molecule has 1 amide bonds. The second kappa shape index (κ2) is 7.59. The fourth-order valence-electron chi connectivity index (χ4n) is 5.10. The minimum atomic E-state index is -1.36. The van der Waals surface area contributed by atoms with Crippen LogP contribution in [0.4, 0.5) is 5.69 Å². The van der Waals surface area contributed by atoms with Gasteiger partial charge in [0.25, 0.3) is 5.91 Å². The molecule has 1 heterocycles. The number of benzene rings is 4. The maximum atomic E-state index is 14.3. The average Bonchev–Trinajstić information content (AvgIpc) is 2.90. The number of anilines is 1. The number of nitrogens with one attached hydrogen (secondary N) is 1. The molecule has 166 valence electrons. The molecule has 5 nitrogen and oxygen atoms in total. The summed E-state index contributed by atoms with van der Waals surface area (Å²) in [6, 6.07) is 30.4. The Bertz CT molecular complexity index is 1440. The van der Waals surface area contributed by atoms with Gasteiger partial charge in [-0.3, -0.25) is 9.59 Å². The highest BCUT2D eigenvalue weighted by Crippen LogP contribution is 2.48. The number of methoxy groups -OCH3 is 1. The summed E-state index contributed by atoms with van der Waals surface area (Å²) in [4.78, 5) is 30.0. The Morgan fingerprint density at radius 2 is 1.35 bits per heavy atom. The number of carbonyl (C=O) groups is 2. The monoisotopic (exact) mass is 446 g/mol. The van der Waals surface area contributed by atoms with Crippen LogP contribution in [0.15, 0.2) is 97.1 Å². The van der Waals surface area contributed by atoms with Gasteiger partial charge in [0, 0.05) is 23.4 Å². The molecule has 0 fully saturated rings. The van der Waals surface area contributed by atoms with Crippen LogP contribution in [0.25, 0.3) is 11.1 Å². The quantitative estimate of drug-likeness (QED) is 0.453. The van der Waals surface area contributed by atoms with Gasteiger partial charge < -0.3 is 15.0 Å². The summed E-state index contributed by atoms with van der Waals surface area (Å²) in [7, 11) is 1.62. The Kier molecular flexibility index (Phi) is 4.52. The van der Waals surface area contributed by atoms with Crippen LogP contribution in [-0.2, 0) is 12.2 Å². The van der Waals surface area contributed by atoms with Gasteiger partial charge in [0.05, 0.1) is 12.7 Å². The smallest absolute Gasteiger partial charge is 0.258 e. The first-order valence-electron chi connectivity index (χ1n) is 11.2. The predicted molar refractivity (Wildman–Crippen MR) is 131 cm³/mol. The van der Waals surface area contributed by atoms with Crippen molar-refractivity contribution in [3.8, 4) is 16.9 Å². The lowest BCUT2D eigenvalue weighted by Gasteiger charge is -2.50. The van der Waals surface area contributed by atoms with E-state index in [2.05, 4.69) is 5.32 Å². The minimum absolute atomic E-state index is 0.141. The third-order valence-corrected chi connectivity index (χ3v) is 6.73. The van der Waals surface area contributed by atoms with E-state index >= 15 is 0 Å². The zero-order valence-corrected chi connectivity index (χ0v) is 18.6. The lowest BCUT2D eigenvalue weighted by atomic mass is 9.75. The Balaban J connectivity index is 1.60. The van der Waals surface area contributed by atoms with Crippen molar-refractivity contribution < 1.29 is 14.3 Å². The Labute approximate surface area is 197 Å². The fraction of sp³-hybridized carbons (Fsp3) is 0.103. The van der Waals surface area contributed by atoms with E-state index in [0.29, 0.717) is 16.8 Å². The summed E-state index contributed by atoms with van der Waals surface area (Å²) < 4.78 is 5.29. The molecule has 1 aliphatic heterocycles. The van der Waals surface area contributed by atoms with Crippen LogP contribution >= 0.6 is 0 Å². The molecule has 0 saturated carbocycles. The molecular formula is C29H22N2O3. The van der Waals surface area contributed by atoms with Crippen molar-refractivity contribution in [2.75, 3.05) is 12.4 Å². The van der Waals surface area contributed by atoms with Gasteiger partial charge in [-0.25, -0.2) is 0 Å². The molecule has 1 atom stereocenters. The molecular weight excluding hydrogens is 424 g/mol. The molecule has 4 aromatic rings. The number of hydrogen-bond acceptors (Lipinski definition) is 4. The average molecular weight is 447 g/mol. The van der Waals surface area contributed by atoms with E-state index in [1.807, 2.05) is 91.0 Å². The van der Waals surface area contributed by atoms with Crippen molar-refractivity contribution in [3.63, 3.8) is 0 Å². The standard InChI is InChI=1S/C29H22N2O3/c1-34-20-16-14-19(15-17-20)18-31-28(33)24-11-5-7-13-26(24)30-29(31)25-12-6-4-9-22(25)21-8-2-3-10-23(21)27(29)32/h2-17,30H,18H2,1H3. The third kappa shape index (κ3) is 2.80. The molecule has 1 spiro atoms. The zero-order valence-electron chi connectivity index (χ0n) is 18.6. The summed E-state index contributed by atoms with van der Waals surface area (Å²) in [5.74, 6) is 0.408. The van der Waals surface area contributed by atoms with Gasteiger partial charge in [0.15, 0.2) is 0 Å².